The highest BCUT2D eigenvalue weighted by atomic mass is 16.5. The number of amides is 1. The van der Waals surface area contributed by atoms with Crippen molar-refractivity contribution >= 4 is 5.91 Å². The minimum atomic E-state index is -0.167. The molecule has 1 heterocycles. The van der Waals surface area contributed by atoms with E-state index in [1.807, 2.05) is 0 Å². The van der Waals surface area contributed by atoms with Crippen molar-refractivity contribution in [1.29, 1.82) is 0 Å². The number of hydrogen-bond donors (Lipinski definition) is 2. The van der Waals surface area contributed by atoms with Crippen molar-refractivity contribution in [2.75, 3.05) is 20.3 Å². The number of rotatable bonds is 6. The van der Waals surface area contributed by atoms with Gasteiger partial charge in [-0.3, -0.25) is 4.79 Å². The molecule has 1 atom stereocenters. The van der Waals surface area contributed by atoms with Gasteiger partial charge in [0.15, 0.2) is 0 Å². The van der Waals surface area contributed by atoms with Gasteiger partial charge in [0.2, 0.25) is 0 Å². The number of nitrogens with two attached hydrogens (primary N) is 1. The third-order valence-corrected chi connectivity index (χ3v) is 2.03. The van der Waals surface area contributed by atoms with Gasteiger partial charge in [-0.15, -0.1) is 0 Å². The molecule has 1 rings (SSSR count). The Morgan fingerprint density at radius 2 is 2.44 bits per heavy atom. The summed E-state index contributed by atoms with van der Waals surface area (Å²) < 4.78 is 4.89. The van der Waals surface area contributed by atoms with Crippen LogP contribution in [0.5, 0.6) is 0 Å². The summed E-state index contributed by atoms with van der Waals surface area (Å²) in [6.45, 7) is 1.01. The molecule has 6 nitrogen and oxygen atoms in total. The second-order valence-corrected chi connectivity index (χ2v) is 3.39. The summed E-state index contributed by atoms with van der Waals surface area (Å²) in [6, 6.07) is 1.55. The maximum absolute atomic E-state index is 11.5. The van der Waals surface area contributed by atoms with Crippen LogP contribution in [0.25, 0.3) is 0 Å². The molecule has 1 unspecified atom stereocenters. The summed E-state index contributed by atoms with van der Waals surface area (Å²) in [5, 5.41) is 9.96. The number of carbonyl (C=O) groups excluding carboxylic acids is 1. The first kappa shape index (κ1) is 12.5. The van der Waals surface area contributed by atoms with Crippen LogP contribution in [0.4, 0.5) is 0 Å². The fourth-order valence-electron chi connectivity index (χ4n) is 1.20. The van der Waals surface area contributed by atoms with Crippen molar-refractivity contribution in [2.24, 2.45) is 5.73 Å². The van der Waals surface area contributed by atoms with Gasteiger partial charge in [-0.2, -0.15) is 10.2 Å². The normalized spacial score (nSPS) is 12.1. The molecular formula is C10H16N4O2. The first-order valence-electron chi connectivity index (χ1n) is 5.03. The van der Waals surface area contributed by atoms with Gasteiger partial charge in [-0.25, -0.2) is 0 Å². The van der Waals surface area contributed by atoms with E-state index in [4.69, 9.17) is 10.5 Å². The molecule has 0 saturated carbocycles. The zero-order chi connectivity index (χ0) is 11.8. The third kappa shape index (κ3) is 4.33. The molecule has 0 aliphatic carbocycles. The van der Waals surface area contributed by atoms with E-state index in [0.717, 1.165) is 0 Å². The van der Waals surface area contributed by atoms with E-state index in [1.54, 1.807) is 13.2 Å². The lowest BCUT2D eigenvalue weighted by molar-refractivity contribution is 0.0949. The Morgan fingerprint density at radius 3 is 3.06 bits per heavy atom. The lowest BCUT2D eigenvalue weighted by Gasteiger charge is -2.10. The van der Waals surface area contributed by atoms with Crippen molar-refractivity contribution in [1.82, 2.24) is 15.5 Å². The highest BCUT2D eigenvalue weighted by molar-refractivity contribution is 5.93. The van der Waals surface area contributed by atoms with E-state index in [9.17, 15) is 4.79 Å². The van der Waals surface area contributed by atoms with E-state index >= 15 is 0 Å². The average Bonchev–Trinajstić information content (AvgIpc) is 2.30. The van der Waals surface area contributed by atoms with E-state index in [-0.39, 0.29) is 11.9 Å². The second kappa shape index (κ2) is 6.86. The third-order valence-electron chi connectivity index (χ3n) is 2.03. The fraction of sp³-hybridized carbons (Fsp3) is 0.500. The van der Waals surface area contributed by atoms with Gasteiger partial charge in [0.1, 0.15) is 0 Å². The molecule has 1 aromatic heterocycles. The molecule has 1 aromatic rings. The van der Waals surface area contributed by atoms with Crippen molar-refractivity contribution < 1.29 is 9.53 Å². The number of ether oxygens (including phenoxy) is 1. The van der Waals surface area contributed by atoms with Gasteiger partial charge >= 0.3 is 0 Å². The summed E-state index contributed by atoms with van der Waals surface area (Å²) in [6.07, 6.45) is 3.58. The minimum Gasteiger partial charge on any atom is -0.383 e. The summed E-state index contributed by atoms with van der Waals surface area (Å²) in [5.74, 6) is -0.167. The van der Waals surface area contributed by atoms with Gasteiger partial charge in [-0.1, -0.05) is 0 Å². The molecule has 3 N–H and O–H groups in total. The molecule has 1 amide bonds. The number of nitrogens with zero attached hydrogens (tertiary/aromatic N) is 2. The number of methoxy groups -OCH3 is 1. The van der Waals surface area contributed by atoms with Crippen LogP contribution in [-0.2, 0) is 4.74 Å². The summed E-state index contributed by atoms with van der Waals surface area (Å²) >= 11 is 0. The molecule has 0 radical (unpaired) electrons. The lowest BCUT2D eigenvalue weighted by atomic mass is 10.2. The van der Waals surface area contributed by atoms with Crippen LogP contribution in [0.3, 0.4) is 0 Å². The van der Waals surface area contributed by atoms with E-state index < -0.39 is 0 Å². The van der Waals surface area contributed by atoms with Gasteiger partial charge in [0.05, 0.1) is 24.6 Å². The predicted octanol–water partition coefficient (Wildman–Crippen LogP) is -0.430. The van der Waals surface area contributed by atoms with Crippen molar-refractivity contribution in [2.45, 2.75) is 12.5 Å². The molecule has 0 aromatic carbocycles. The summed E-state index contributed by atoms with van der Waals surface area (Å²) in [7, 11) is 1.60. The minimum absolute atomic E-state index is 0.0548. The predicted molar refractivity (Wildman–Crippen MR) is 58.8 cm³/mol. The maximum atomic E-state index is 11.5. The maximum Gasteiger partial charge on any atom is 0.252 e. The second-order valence-electron chi connectivity index (χ2n) is 3.39. The van der Waals surface area contributed by atoms with Crippen molar-refractivity contribution in [3.63, 3.8) is 0 Å². The highest BCUT2D eigenvalue weighted by Gasteiger charge is 2.06. The van der Waals surface area contributed by atoms with Crippen LogP contribution in [0, 0.1) is 0 Å². The lowest BCUT2D eigenvalue weighted by Crippen LogP contribution is -2.32. The molecule has 0 spiro atoms. The first-order valence-corrected chi connectivity index (χ1v) is 5.03. The van der Waals surface area contributed by atoms with Gasteiger partial charge in [-0.05, 0) is 12.5 Å². The fourth-order valence-corrected chi connectivity index (χ4v) is 1.20. The Kier molecular flexibility index (Phi) is 5.38. The van der Waals surface area contributed by atoms with Gasteiger partial charge in [0, 0.05) is 19.7 Å². The molecule has 0 saturated heterocycles. The molecule has 0 bridgehead atoms. The molecule has 16 heavy (non-hydrogen) atoms. The zero-order valence-corrected chi connectivity index (χ0v) is 9.22. The van der Waals surface area contributed by atoms with E-state index in [2.05, 4.69) is 15.5 Å². The largest absolute Gasteiger partial charge is 0.383 e. The quantitative estimate of drug-likeness (QED) is 0.684. The standard InChI is InChI=1S/C10H16N4O2/c1-16-7-9(11)3-4-12-10(15)8-2-5-13-14-6-8/h2,5-6,9H,3-4,7,11H2,1H3,(H,12,15). The molecule has 0 fully saturated rings. The van der Waals surface area contributed by atoms with E-state index in [0.29, 0.717) is 25.1 Å². The smallest absolute Gasteiger partial charge is 0.252 e. The topological polar surface area (TPSA) is 90.1 Å². The Labute approximate surface area is 94.2 Å². The number of carbonyl (C=O) groups is 1. The Morgan fingerprint density at radius 1 is 1.62 bits per heavy atom. The van der Waals surface area contributed by atoms with Crippen molar-refractivity contribution in [3.05, 3.63) is 24.0 Å². The monoisotopic (exact) mass is 224 g/mol. The summed E-state index contributed by atoms with van der Waals surface area (Å²) in [4.78, 5) is 11.5. The first-order chi connectivity index (χ1) is 7.74. The van der Waals surface area contributed by atoms with Gasteiger partial charge < -0.3 is 15.8 Å². The van der Waals surface area contributed by atoms with Crippen LogP contribution in [0.2, 0.25) is 0 Å². The molecular weight excluding hydrogens is 208 g/mol. The molecule has 0 aliphatic rings. The SMILES string of the molecule is COCC(N)CCNC(=O)c1ccnnc1. The molecule has 0 aliphatic heterocycles. The summed E-state index contributed by atoms with van der Waals surface area (Å²) in [5.41, 5.74) is 6.21. The highest BCUT2D eigenvalue weighted by Crippen LogP contribution is 1.94. The van der Waals surface area contributed by atoms with Crippen molar-refractivity contribution in [3.8, 4) is 0 Å². The van der Waals surface area contributed by atoms with Crippen LogP contribution in [-0.4, -0.2) is 42.4 Å². The van der Waals surface area contributed by atoms with Crippen LogP contribution < -0.4 is 11.1 Å². The average molecular weight is 224 g/mol. The number of aromatic nitrogens is 2. The molecule has 88 valence electrons. The van der Waals surface area contributed by atoms with Crippen LogP contribution >= 0.6 is 0 Å². The Balaban J connectivity index is 2.26. The zero-order valence-electron chi connectivity index (χ0n) is 9.22. The van der Waals surface area contributed by atoms with E-state index in [1.165, 1.54) is 12.4 Å². The Bertz CT molecular complexity index is 318. The van der Waals surface area contributed by atoms with Crippen LogP contribution in [0.1, 0.15) is 16.8 Å². The Hall–Kier alpha value is -1.53. The van der Waals surface area contributed by atoms with Crippen LogP contribution in [0.15, 0.2) is 18.5 Å². The number of hydrogen-bond acceptors (Lipinski definition) is 5. The van der Waals surface area contributed by atoms with Gasteiger partial charge in [0.25, 0.3) is 5.91 Å². The molecule has 6 heteroatoms. The number of nitrogens with one attached hydrogen (secondary N) is 1.